The van der Waals surface area contributed by atoms with Crippen LogP contribution < -0.4 is 16.0 Å². The summed E-state index contributed by atoms with van der Waals surface area (Å²) in [5.74, 6) is -0.178. The van der Waals surface area contributed by atoms with E-state index in [0.717, 1.165) is 11.5 Å². The topological polar surface area (TPSA) is 125 Å². The first kappa shape index (κ1) is 21.8. The van der Waals surface area contributed by atoms with Crippen molar-refractivity contribution in [3.05, 3.63) is 0 Å². The molecule has 0 radical (unpaired) electrons. The van der Waals surface area contributed by atoms with Crippen molar-refractivity contribution in [3.63, 3.8) is 0 Å². The number of carboxylic acids is 1. The lowest BCUT2D eigenvalue weighted by Crippen LogP contribution is -2.48. The highest BCUT2D eigenvalue weighted by molar-refractivity contribution is 8.77. The van der Waals surface area contributed by atoms with Crippen LogP contribution in [-0.4, -0.2) is 65.4 Å². The van der Waals surface area contributed by atoms with E-state index in [2.05, 4.69) is 16.0 Å². The Morgan fingerprint density at radius 1 is 1.08 bits per heavy atom. The largest absolute Gasteiger partial charge is 0.480 e. The van der Waals surface area contributed by atoms with Crippen LogP contribution in [0.5, 0.6) is 0 Å². The number of carbonyl (C=O) groups is 4. The quantitative estimate of drug-likeness (QED) is 0.368. The zero-order chi connectivity index (χ0) is 18.8. The second-order valence-corrected chi connectivity index (χ2v) is 8.41. The van der Waals surface area contributed by atoms with E-state index in [0.29, 0.717) is 0 Å². The molecule has 0 spiro atoms. The molecule has 25 heavy (non-hydrogen) atoms. The summed E-state index contributed by atoms with van der Waals surface area (Å²) in [6.07, 6.45) is 0.441. The fourth-order valence-electron chi connectivity index (χ4n) is 2.25. The van der Waals surface area contributed by atoms with Gasteiger partial charge >= 0.3 is 5.97 Å². The Hall–Kier alpha value is -1.26. The first-order valence-electron chi connectivity index (χ1n) is 8.07. The van der Waals surface area contributed by atoms with E-state index in [4.69, 9.17) is 5.11 Å². The molecule has 0 bridgehead atoms. The SMILES string of the molecule is CNC(CCC(=O)NC(CCC(C)=O)C(=O)O)C(=O)NC1CSSC1. The van der Waals surface area contributed by atoms with Crippen LogP contribution in [0.15, 0.2) is 0 Å². The molecule has 0 aromatic rings. The van der Waals surface area contributed by atoms with Crippen LogP contribution >= 0.6 is 21.6 Å². The van der Waals surface area contributed by atoms with Crippen molar-refractivity contribution in [2.45, 2.75) is 50.7 Å². The van der Waals surface area contributed by atoms with Crippen LogP contribution in [0.25, 0.3) is 0 Å². The zero-order valence-corrected chi connectivity index (χ0v) is 16.0. The molecule has 1 saturated heterocycles. The van der Waals surface area contributed by atoms with Crippen LogP contribution in [0.3, 0.4) is 0 Å². The molecule has 0 aromatic heterocycles. The Morgan fingerprint density at radius 3 is 2.20 bits per heavy atom. The third-order valence-corrected chi connectivity index (χ3v) is 6.27. The standard InChI is InChI=1S/C15H25N3O5S2/c1-9(19)3-4-12(15(22)23)18-13(20)6-5-11(16-2)14(21)17-10-7-24-25-8-10/h10-12,16H,3-8H2,1-2H3,(H,17,21)(H,18,20)(H,22,23). The average molecular weight is 392 g/mol. The summed E-state index contributed by atoms with van der Waals surface area (Å²) in [5.41, 5.74) is 0. The van der Waals surface area contributed by atoms with Gasteiger partial charge in [-0.2, -0.15) is 0 Å². The maximum absolute atomic E-state index is 12.2. The number of aliphatic carboxylic acids is 1. The number of rotatable bonds is 11. The first-order valence-corrected chi connectivity index (χ1v) is 10.6. The highest BCUT2D eigenvalue weighted by Crippen LogP contribution is 2.30. The van der Waals surface area contributed by atoms with E-state index >= 15 is 0 Å². The number of ketones is 1. The number of carboxylic acid groups (broad SMARTS) is 1. The molecule has 1 heterocycles. The third-order valence-electron chi connectivity index (χ3n) is 3.71. The van der Waals surface area contributed by atoms with Gasteiger partial charge in [0.15, 0.2) is 0 Å². The highest BCUT2D eigenvalue weighted by Gasteiger charge is 2.25. The molecule has 0 aliphatic carbocycles. The Bertz CT molecular complexity index is 498. The summed E-state index contributed by atoms with van der Waals surface area (Å²) in [6, 6.07) is -1.47. The molecule has 10 heteroatoms. The second-order valence-electron chi connectivity index (χ2n) is 5.85. The maximum atomic E-state index is 12.2. The number of nitrogens with one attached hydrogen (secondary N) is 3. The Labute approximate surface area is 155 Å². The van der Waals surface area contributed by atoms with Crippen molar-refractivity contribution >= 4 is 45.2 Å². The monoisotopic (exact) mass is 391 g/mol. The van der Waals surface area contributed by atoms with E-state index in [1.165, 1.54) is 6.92 Å². The summed E-state index contributed by atoms with van der Waals surface area (Å²) in [4.78, 5) is 46.3. The normalized spacial score (nSPS) is 16.9. The van der Waals surface area contributed by atoms with Crippen LogP contribution in [0.4, 0.5) is 0 Å². The minimum absolute atomic E-state index is 0.0247. The van der Waals surface area contributed by atoms with Gasteiger partial charge in [-0.15, -0.1) is 0 Å². The zero-order valence-electron chi connectivity index (χ0n) is 14.4. The summed E-state index contributed by atoms with van der Waals surface area (Å²) in [7, 11) is 5.08. The summed E-state index contributed by atoms with van der Waals surface area (Å²) in [6.45, 7) is 1.37. The molecule has 0 saturated carbocycles. The Kier molecular flexibility index (Phi) is 9.91. The van der Waals surface area contributed by atoms with Crippen molar-refractivity contribution in [2.24, 2.45) is 0 Å². The van der Waals surface area contributed by atoms with E-state index in [9.17, 15) is 19.2 Å². The number of Topliss-reactive ketones (excluding diaryl/α,β-unsaturated/α-hetero) is 1. The van der Waals surface area contributed by atoms with E-state index in [-0.39, 0.29) is 43.4 Å². The van der Waals surface area contributed by atoms with E-state index in [1.807, 2.05) is 0 Å². The Morgan fingerprint density at radius 2 is 1.68 bits per heavy atom. The lowest BCUT2D eigenvalue weighted by molar-refractivity contribution is -0.142. The molecule has 142 valence electrons. The first-order chi connectivity index (χ1) is 11.8. The molecular formula is C15H25N3O5S2. The van der Waals surface area contributed by atoms with Gasteiger partial charge < -0.3 is 25.9 Å². The lowest BCUT2D eigenvalue weighted by Gasteiger charge is -2.19. The molecule has 2 atom stereocenters. The van der Waals surface area contributed by atoms with Crippen LogP contribution in [0.1, 0.15) is 32.6 Å². The summed E-state index contributed by atoms with van der Waals surface area (Å²) < 4.78 is 0. The van der Waals surface area contributed by atoms with Gasteiger partial charge in [0.05, 0.1) is 6.04 Å². The van der Waals surface area contributed by atoms with Gasteiger partial charge in [0, 0.05) is 30.4 Å². The Balaban J connectivity index is 2.41. The number of amides is 2. The molecule has 2 amide bonds. The third kappa shape index (κ3) is 8.59. The van der Waals surface area contributed by atoms with Crippen molar-refractivity contribution in [1.29, 1.82) is 0 Å². The van der Waals surface area contributed by atoms with E-state index in [1.54, 1.807) is 28.6 Å². The fraction of sp³-hybridized carbons (Fsp3) is 0.733. The molecular weight excluding hydrogens is 366 g/mol. The van der Waals surface area contributed by atoms with Crippen LogP contribution in [-0.2, 0) is 19.2 Å². The highest BCUT2D eigenvalue weighted by atomic mass is 33.1. The molecule has 1 fully saturated rings. The van der Waals surface area contributed by atoms with Crippen LogP contribution in [0.2, 0.25) is 0 Å². The predicted molar refractivity (Wildman–Crippen MR) is 98.4 cm³/mol. The maximum Gasteiger partial charge on any atom is 0.326 e. The summed E-state index contributed by atoms with van der Waals surface area (Å²) >= 11 is 0. The van der Waals surface area contributed by atoms with Crippen molar-refractivity contribution in [3.8, 4) is 0 Å². The van der Waals surface area contributed by atoms with Crippen LogP contribution in [0, 0.1) is 0 Å². The van der Waals surface area contributed by atoms with Gasteiger partial charge in [-0.3, -0.25) is 9.59 Å². The van der Waals surface area contributed by atoms with Gasteiger partial charge in [-0.25, -0.2) is 4.79 Å². The van der Waals surface area contributed by atoms with Gasteiger partial charge in [-0.1, -0.05) is 21.6 Å². The number of hydrogen-bond acceptors (Lipinski definition) is 7. The lowest BCUT2D eigenvalue weighted by atomic mass is 10.1. The molecule has 0 aromatic carbocycles. The molecule has 1 aliphatic rings. The second kappa shape index (κ2) is 11.4. The summed E-state index contributed by atoms with van der Waals surface area (Å²) in [5, 5.41) is 17.3. The van der Waals surface area contributed by atoms with Gasteiger partial charge in [0.1, 0.15) is 11.8 Å². The average Bonchev–Trinajstić information content (AvgIpc) is 3.04. The predicted octanol–water partition coefficient (Wildman–Crippen LogP) is 0.173. The number of carbonyl (C=O) groups excluding carboxylic acids is 3. The van der Waals surface area contributed by atoms with Crippen molar-refractivity contribution in [2.75, 3.05) is 18.6 Å². The molecule has 1 rings (SSSR count). The number of likely N-dealkylation sites (N-methyl/N-ethyl adjacent to an activating group) is 1. The smallest absolute Gasteiger partial charge is 0.326 e. The minimum atomic E-state index is -1.17. The van der Waals surface area contributed by atoms with Gasteiger partial charge in [0.25, 0.3) is 0 Å². The molecule has 2 unspecified atom stereocenters. The van der Waals surface area contributed by atoms with Crippen molar-refractivity contribution in [1.82, 2.24) is 16.0 Å². The van der Waals surface area contributed by atoms with Gasteiger partial charge in [-0.05, 0) is 26.8 Å². The molecule has 4 N–H and O–H groups in total. The van der Waals surface area contributed by atoms with Gasteiger partial charge in [0.2, 0.25) is 11.8 Å². The molecule has 1 aliphatic heterocycles. The van der Waals surface area contributed by atoms with E-state index < -0.39 is 24.0 Å². The number of hydrogen-bond donors (Lipinski definition) is 4. The fourth-order valence-corrected chi connectivity index (χ4v) is 4.88. The molecule has 8 nitrogen and oxygen atoms in total. The minimum Gasteiger partial charge on any atom is -0.480 e. The van der Waals surface area contributed by atoms with Crippen molar-refractivity contribution < 1.29 is 24.3 Å².